The molecule has 0 bridgehead atoms. The molecule has 10 heteroatoms. The molecule has 0 atom stereocenters. The molecule has 0 unspecified atom stereocenters. The number of hydrazone groups is 1. The molecule has 2 aromatic rings. The number of carbonyl (C=O) groups is 1. The highest BCUT2D eigenvalue weighted by atomic mass is 32.1. The van der Waals surface area contributed by atoms with Crippen LogP contribution in [0, 0.1) is 20.2 Å². The third-order valence-electron chi connectivity index (χ3n) is 3.00. The minimum Gasteiger partial charge on any atom is -0.267 e. The fourth-order valence-corrected chi connectivity index (χ4v) is 2.83. The van der Waals surface area contributed by atoms with Crippen LogP contribution in [0.15, 0.2) is 35.4 Å². The van der Waals surface area contributed by atoms with Gasteiger partial charge in [-0.2, -0.15) is 5.10 Å². The van der Waals surface area contributed by atoms with Crippen LogP contribution in [0.2, 0.25) is 0 Å². The van der Waals surface area contributed by atoms with Crippen molar-refractivity contribution in [2.24, 2.45) is 5.10 Å². The molecule has 9 nitrogen and oxygen atoms in total. The highest BCUT2D eigenvalue weighted by molar-refractivity contribution is 7.14. The molecule has 0 aliphatic rings. The van der Waals surface area contributed by atoms with Crippen LogP contribution in [0.5, 0.6) is 0 Å². The number of nitro benzene ring substituents is 1. The van der Waals surface area contributed by atoms with Gasteiger partial charge < -0.3 is 0 Å². The molecule has 0 saturated heterocycles. The van der Waals surface area contributed by atoms with Gasteiger partial charge in [0, 0.05) is 23.8 Å². The predicted molar refractivity (Wildman–Crippen MR) is 88.5 cm³/mol. The first-order chi connectivity index (χ1) is 11.4. The lowest BCUT2D eigenvalue weighted by Gasteiger charge is -1.99. The fraction of sp³-hybridized carbons (Fsp3) is 0.143. The Morgan fingerprint density at radius 3 is 2.62 bits per heavy atom. The first kappa shape index (κ1) is 17.2. The topological polar surface area (TPSA) is 128 Å². The SMILES string of the molecule is CCc1sc(/C=N/NC(=O)c2cccc([N+](=O)[O-])c2)cc1[N+](=O)[O-]. The number of nitro groups is 2. The van der Waals surface area contributed by atoms with Crippen LogP contribution in [0.4, 0.5) is 11.4 Å². The van der Waals surface area contributed by atoms with Gasteiger partial charge in [0.1, 0.15) is 0 Å². The molecule has 0 aliphatic heterocycles. The summed E-state index contributed by atoms with van der Waals surface area (Å²) < 4.78 is 0. The van der Waals surface area contributed by atoms with E-state index in [1.807, 2.05) is 6.92 Å². The Balaban J connectivity index is 2.09. The van der Waals surface area contributed by atoms with Gasteiger partial charge in [-0.15, -0.1) is 11.3 Å². The van der Waals surface area contributed by atoms with Gasteiger partial charge in [0.15, 0.2) is 0 Å². The zero-order valence-corrected chi connectivity index (χ0v) is 13.3. The van der Waals surface area contributed by atoms with E-state index < -0.39 is 15.8 Å². The number of non-ortho nitro benzene ring substituents is 1. The molecule has 124 valence electrons. The summed E-state index contributed by atoms with van der Waals surface area (Å²) in [5.74, 6) is -0.614. The fourth-order valence-electron chi connectivity index (χ4n) is 1.89. The van der Waals surface area contributed by atoms with E-state index in [1.165, 1.54) is 41.8 Å². The summed E-state index contributed by atoms with van der Waals surface area (Å²) in [6.45, 7) is 1.81. The van der Waals surface area contributed by atoms with Crippen molar-refractivity contribution >= 4 is 34.8 Å². The number of benzene rings is 1. The van der Waals surface area contributed by atoms with Gasteiger partial charge in [0.25, 0.3) is 17.3 Å². The number of nitrogens with zero attached hydrogens (tertiary/aromatic N) is 3. The average molecular weight is 348 g/mol. The van der Waals surface area contributed by atoms with Crippen molar-refractivity contribution in [2.75, 3.05) is 0 Å². The number of amides is 1. The molecule has 1 aromatic carbocycles. The van der Waals surface area contributed by atoms with E-state index in [0.29, 0.717) is 16.2 Å². The van der Waals surface area contributed by atoms with Crippen LogP contribution >= 0.6 is 11.3 Å². The molecule has 0 fully saturated rings. The molecule has 2 rings (SSSR count). The highest BCUT2D eigenvalue weighted by Gasteiger charge is 2.16. The molecule has 1 aromatic heterocycles. The van der Waals surface area contributed by atoms with Crippen molar-refractivity contribution in [3.63, 3.8) is 0 Å². The minimum atomic E-state index is -0.614. The smallest absolute Gasteiger partial charge is 0.267 e. The quantitative estimate of drug-likeness (QED) is 0.487. The molecule has 1 N–H and O–H groups in total. The second kappa shape index (κ2) is 7.42. The summed E-state index contributed by atoms with van der Waals surface area (Å²) in [4.78, 5) is 33.5. The maximum absolute atomic E-state index is 11.9. The Morgan fingerprint density at radius 2 is 2.04 bits per heavy atom. The first-order valence-electron chi connectivity index (χ1n) is 6.77. The van der Waals surface area contributed by atoms with Crippen molar-refractivity contribution in [3.05, 3.63) is 65.9 Å². The lowest BCUT2D eigenvalue weighted by atomic mass is 10.2. The molecular formula is C14H12N4O5S. The number of aryl methyl sites for hydroxylation is 1. The van der Waals surface area contributed by atoms with E-state index in [9.17, 15) is 25.0 Å². The maximum Gasteiger partial charge on any atom is 0.283 e. The Hall–Kier alpha value is -3.14. The highest BCUT2D eigenvalue weighted by Crippen LogP contribution is 2.28. The van der Waals surface area contributed by atoms with Crippen LogP contribution in [0.3, 0.4) is 0 Å². The van der Waals surface area contributed by atoms with E-state index in [0.717, 1.165) is 6.07 Å². The summed E-state index contributed by atoms with van der Waals surface area (Å²) in [6.07, 6.45) is 1.82. The Kier molecular flexibility index (Phi) is 5.32. The standard InChI is InChI=1S/C14H12N4O5S/c1-2-13-12(18(22)23)7-11(24-13)8-15-16-14(19)9-4-3-5-10(6-9)17(20)21/h3-8H,2H2,1H3,(H,16,19)/b15-8+. The largest absolute Gasteiger partial charge is 0.283 e. The molecule has 0 aliphatic carbocycles. The lowest BCUT2D eigenvalue weighted by molar-refractivity contribution is -0.385. The van der Waals surface area contributed by atoms with Gasteiger partial charge >= 0.3 is 0 Å². The van der Waals surface area contributed by atoms with Gasteiger partial charge in [-0.05, 0) is 12.5 Å². The van der Waals surface area contributed by atoms with E-state index in [-0.39, 0.29) is 16.9 Å². The monoisotopic (exact) mass is 348 g/mol. The van der Waals surface area contributed by atoms with Crippen LogP contribution in [-0.4, -0.2) is 22.0 Å². The van der Waals surface area contributed by atoms with Crippen LogP contribution in [0.1, 0.15) is 27.0 Å². The van der Waals surface area contributed by atoms with Crippen molar-refractivity contribution in [3.8, 4) is 0 Å². The van der Waals surface area contributed by atoms with E-state index >= 15 is 0 Å². The van der Waals surface area contributed by atoms with Crippen LogP contribution < -0.4 is 5.43 Å². The summed E-state index contributed by atoms with van der Waals surface area (Å²) in [5, 5.41) is 25.3. The number of hydrogen-bond donors (Lipinski definition) is 1. The second-order valence-electron chi connectivity index (χ2n) is 4.57. The zero-order valence-electron chi connectivity index (χ0n) is 12.5. The number of thiophene rings is 1. The van der Waals surface area contributed by atoms with Crippen LogP contribution in [-0.2, 0) is 6.42 Å². The van der Waals surface area contributed by atoms with Crippen molar-refractivity contribution in [1.82, 2.24) is 5.43 Å². The summed E-state index contributed by atoms with van der Waals surface area (Å²) >= 11 is 1.21. The molecule has 24 heavy (non-hydrogen) atoms. The minimum absolute atomic E-state index is 0.0222. The van der Waals surface area contributed by atoms with Gasteiger partial charge in [-0.3, -0.25) is 25.0 Å². The predicted octanol–water partition coefficient (Wildman–Crippen LogP) is 2.89. The third kappa shape index (κ3) is 3.98. The number of hydrogen-bond acceptors (Lipinski definition) is 7. The zero-order chi connectivity index (χ0) is 17.7. The molecule has 0 saturated carbocycles. The second-order valence-corrected chi connectivity index (χ2v) is 5.74. The molecule has 0 spiro atoms. The van der Waals surface area contributed by atoms with Gasteiger partial charge in [-0.25, -0.2) is 5.43 Å². The Labute approximate surface area is 139 Å². The van der Waals surface area contributed by atoms with E-state index in [1.54, 1.807) is 0 Å². The third-order valence-corrected chi connectivity index (χ3v) is 4.20. The van der Waals surface area contributed by atoms with Crippen LogP contribution in [0.25, 0.3) is 0 Å². The van der Waals surface area contributed by atoms with Crippen molar-refractivity contribution in [2.45, 2.75) is 13.3 Å². The lowest BCUT2D eigenvalue weighted by Crippen LogP contribution is -2.17. The van der Waals surface area contributed by atoms with Gasteiger partial charge in [-0.1, -0.05) is 13.0 Å². The molecule has 1 amide bonds. The summed E-state index contributed by atoms with van der Waals surface area (Å²) in [5.41, 5.74) is 2.15. The first-order valence-corrected chi connectivity index (χ1v) is 7.59. The normalized spacial score (nSPS) is 10.7. The van der Waals surface area contributed by atoms with E-state index in [2.05, 4.69) is 10.5 Å². The van der Waals surface area contributed by atoms with Gasteiger partial charge in [0.2, 0.25) is 0 Å². The number of carbonyl (C=O) groups excluding carboxylic acids is 1. The Morgan fingerprint density at radius 1 is 1.29 bits per heavy atom. The van der Waals surface area contributed by atoms with Crippen molar-refractivity contribution in [1.29, 1.82) is 0 Å². The Bertz CT molecular complexity index is 830. The van der Waals surface area contributed by atoms with Crippen molar-refractivity contribution < 1.29 is 14.6 Å². The molecular weight excluding hydrogens is 336 g/mol. The molecule has 0 radical (unpaired) electrons. The maximum atomic E-state index is 11.9. The summed E-state index contributed by atoms with van der Waals surface area (Å²) in [6, 6.07) is 6.61. The number of nitrogens with one attached hydrogen (secondary N) is 1. The number of rotatable bonds is 6. The summed E-state index contributed by atoms with van der Waals surface area (Å²) in [7, 11) is 0. The molecule has 1 heterocycles. The van der Waals surface area contributed by atoms with Gasteiger partial charge in [0.05, 0.1) is 25.8 Å². The average Bonchev–Trinajstić information content (AvgIpc) is 2.98. The van der Waals surface area contributed by atoms with E-state index in [4.69, 9.17) is 0 Å².